The van der Waals surface area contributed by atoms with Crippen molar-refractivity contribution in [3.8, 4) is 0 Å². The number of nitrogen functional groups attached to an aromatic ring is 1. The molecule has 0 atom stereocenters. The Hall–Kier alpha value is -0.640. The zero-order valence-corrected chi connectivity index (χ0v) is 12.8. The molecule has 1 aromatic carbocycles. The Bertz CT molecular complexity index is 427. The molecular formula is C8H7Br3N2O4. The molecule has 0 fully saturated rings. The standard InChI is InChI=1S/C6H5Br3N2.C2H2O4/c7-3-1-4(8)6(9)5(2-3)11-10;3-1(4)2(5)6/h1-2,11H,10H2;(H,3,4)(H,5,6). The fourth-order valence-corrected chi connectivity index (χ4v) is 2.23. The van der Waals surface area contributed by atoms with Gasteiger partial charge in [-0.1, -0.05) is 15.9 Å². The quantitative estimate of drug-likeness (QED) is 0.234. The molecule has 0 heterocycles. The predicted octanol–water partition coefficient (Wildman–Crippen LogP) is 2.42. The minimum Gasteiger partial charge on any atom is -0.473 e. The number of benzene rings is 1. The molecule has 0 radical (unpaired) electrons. The van der Waals surface area contributed by atoms with Crippen LogP contribution in [0.25, 0.3) is 0 Å². The molecule has 1 aromatic rings. The van der Waals surface area contributed by atoms with E-state index in [2.05, 4.69) is 53.2 Å². The minimum absolute atomic E-state index is 0.839. The summed E-state index contributed by atoms with van der Waals surface area (Å²) in [4.78, 5) is 18.2. The van der Waals surface area contributed by atoms with Crippen LogP contribution in [0, 0.1) is 0 Å². The van der Waals surface area contributed by atoms with Gasteiger partial charge in [0.05, 0.1) is 10.2 Å². The highest BCUT2D eigenvalue weighted by Crippen LogP contribution is 2.33. The zero-order chi connectivity index (χ0) is 13.6. The average Bonchev–Trinajstić information content (AvgIpc) is 2.24. The third kappa shape index (κ3) is 6.01. The fraction of sp³-hybridized carbons (Fsp3) is 0. The van der Waals surface area contributed by atoms with Crippen molar-refractivity contribution in [1.29, 1.82) is 0 Å². The summed E-state index contributed by atoms with van der Waals surface area (Å²) < 4.78 is 2.85. The van der Waals surface area contributed by atoms with Gasteiger partial charge < -0.3 is 15.6 Å². The van der Waals surface area contributed by atoms with Crippen LogP contribution in [0.5, 0.6) is 0 Å². The molecule has 17 heavy (non-hydrogen) atoms. The van der Waals surface area contributed by atoms with Crippen molar-refractivity contribution in [2.75, 3.05) is 5.43 Å². The van der Waals surface area contributed by atoms with Crippen LogP contribution in [0.4, 0.5) is 5.69 Å². The molecule has 0 saturated carbocycles. The van der Waals surface area contributed by atoms with E-state index in [1.807, 2.05) is 12.1 Å². The Kier molecular flexibility index (Phi) is 7.35. The van der Waals surface area contributed by atoms with Crippen molar-refractivity contribution in [3.63, 3.8) is 0 Å². The van der Waals surface area contributed by atoms with E-state index in [4.69, 9.17) is 25.6 Å². The van der Waals surface area contributed by atoms with E-state index in [0.29, 0.717) is 0 Å². The molecule has 6 nitrogen and oxygen atoms in total. The van der Waals surface area contributed by atoms with Crippen LogP contribution in [0.3, 0.4) is 0 Å². The molecule has 0 amide bonds. The van der Waals surface area contributed by atoms with Gasteiger partial charge in [-0.2, -0.15) is 0 Å². The maximum absolute atomic E-state index is 9.10. The van der Waals surface area contributed by atoms with Crippen LogP contribution in [0.1, 0.15) is 0 Å². The fourth-order valence-electron chi connectivity index (χ4n) is 0.661. The second kappa shape index (κ2) is 7.64. The molecule has 0 aliphatic carbocycles. The van der Waals surface area contributed by atoms with Crippen molar-refractivity contribution in [3.05, 3.63) is 25.6 Å². The summed E-state index contributed by atoms with van der Waals surface area (Å²) >= 11 is 10.1. The van der Waals surface area contributed by atoms with Gasteiger partial charge in [0, 0.05) is 8.95 Å². The molecule has 0 saturated heterocycles. The Morgan fingerprint density at radius 1 is 1.12 bits per heavy atom. The number of carbonyl (C=O) groups is 2. The van der Waals surface area contributed by atoms with Crippen LogP contribution < -0.4 is 11.3 Å². The number of hydrazine groups is 1. The summed E-state index contributed by atoms with van der Waals surface area (Å²) in [6, 6.07) is 3.82. The molecule has 0 aliphatic rings. The van der Waals surface area contributed by atoms with E-state index in [1.54, 1.807) is 0 Å². The molecular weight excluding hydrogens is 428 g/mol. The summed E-state index contributed by atoms with van der Waals surface area (Å²) in [5.41, 5.74) is 3.41. The predicted molar refractivity (Wildman–Crippen MR) is 72.6 cm³/mol. The molecule has 0 aromatic heterocycles. The molecule has 94 valence electrons. The van der Waals surface area contributed by atoms with Crippen LogP contribution in [-0.2, 0) is 9.59 Å². The maximum Gasteiger partial charge on any atom is 0.414 e. The molecule has 0 unspecified atom stereocenters. The number of nitrogens with two attached hydrogens (primary N) is 1. The van der Waals surface area contributed by atoms with Crippen LogP contribution in [-0.4, -0.2) is 22.2 Å². The lowest BCUT2D eigenvalue weighted by molar-refractivity contribution is -0.159. The van der Waals surface area contributed by atoms with Crippen molar-refractivity contribution >= 4 is 65.4 Å². The lowest BCUT2D eigenvalue weighted by Gasteiger charge is -2.05. The number of nitrogens with one attached hydrogen (secondary N) is 1. The lowest BCUT2D eigenvalue weighted by atomic mass is 10.3. The van der Waals surface area contributed by atoms with E-state index in [1.165, 1.54) is 0 Å². The van der Waals surface area contributed by atoms with E-state index in [-0.39, 0.29) is 0 Å². The summed E-state index contributed by atoms with van der Waals surface area (Å²) in [6.45, 7) is 0. The average molecular weight is 435 g/mol. The van der Waals surface area contributed by atoms with Crippen LogP contribution in [0.15, 0.2) is 25.6 Å². The largest absolute Gasteiger partial charge is 0.473 e. The first-order valence-corrected chi connectivity index (χ1v) is 6.24. The number of anilines is 1. The first-order valence-electron chi connectivity index (χ1n) is 3.87. The lowest BCUT2D eigenvalue weighted by Crippen LogP contribution is -2.09. The topological polar surface area (TPSA) is 113 Å². The van der Waals surface area contributed by atoms with E-state index in [9.17, 15) is 0 Å². The maximum atomic E-state index is 9.10. The van der Waals surface area contributed by atoms with Gasteiger partial charge in [-0.3, -0.25) is 5.84 Å². The first-order chi connectivity index (χ1) is 7.79. The second-order valence-electron chi connectivity index (χ2n) is 2.50. The molecule has 1 rings (SSSR count). The SMILES string of the molecule is NNc1cc(Br)cc(Br)c1Br.O=C(O)C(=O)O. The summed E-state index contributed by atoms with van der Waals surface area (Å²) in [5, 5.41) is 14.8. The second-order valence-corrected chi connectivity index (χ2v) is 5.07. The third-order valence-corrected chi connectivity index (χ3v) is 3.80. The Morgan fingerprint density at radius 3 is 1.94 bits per heavy atom. The zero-order valence-electron chi connectivity index (χ0n) is 8.08. The Balaban J connectivity index is 0.000000366. The van der Waals surface area contributed by atoms with Crippen molar-refractivity contribution in [2.45, 2.75) is 0 Å². The highest BCUT2D eigenvalue weighted by atomic mass is 79.9. The Labute approximate surface area is 122 Å². The summed E-state index contributed by atoms with van der Waals surface area (Å²) in [5.74, 6) is 1.62. The van der Waals surface area contributed by atoms with Gasteiger partial charge in [0.15, 0.2) is 0 Å². The van der Waals surface area contributed by atoms with E-state index >= 15 is 0 Å². The molecule has 0 bridgehead atoms. The highest BCUT2D eigenvalue weighted by Gasteiger charge is 2.04. The van der Waals surface area contributed by atoms with Crippen LogP contribution in [0.2, 0.25) is 0 Å². The smallest absolute Gasteiger partial charge is 0.414 e. The van der Waals surface area contributed by atoms with Gasteiger partial charge >= 0.3 is 11.9 Å². The normalized spacial score (nSPS) is 8.94. The number of carboxylic acids is 2. The minimum atomic E-state index is -1.82. The molecule has 5 N–H and O–H groups in total. The Morgan fingerprint density at radius 2 is 1.59 bits per heavy atom. The number of aliphatic carboxylic acids is 2. The van der Waals surface area contributed by atoms with Gasteiger partial charge in [-0.25, -0.2) is 9.59 Å². The van der Waals surface area contributed by atoms with Crippen molar-refractivity contribution < 1.29 is 19.8 Å². The van der Waals surface area contributed by atoms with E-state index in [0.717, 1.165) is 19.1 Å². The molecule has 0 spiro atoms. The number of rotatable bonds is 1. The van der Waals surface area contributed by atoms with Crippen molar-refractivity contribution in [2.24, 2.45) is 5.84 Å². The summed E-state index contributed by atoms with van der Waals surface area (Å²) in [7, 11) is 0. The molecule has 0 aliphatic heterocycles. The van der Waals surface area contributed by atoms with Gasteiger partial charge in [0.25, 0.3) is 0 Å². The number of hydrogen-bond acceptors (Lipinski definition) is 4. The van der Waals surface area contributed by atoms with E-state index < -0.39 is 11.9 Å². The van der Waals surface area contributed by atoms with Gasteiger partial charge in [-0.05, 0) is 44.0 Å². The first kappa shape index (κ1) is 16.4. The molecule has 9 heteroatoms. The van der Waals surface area contributed by atoms with Gasteiger partial charge in [0.1, 0.15) is 0 Å². The number of halogens is 3. The van der Waals surface area contributed by atoms with Gasteiger partial charge in [0.2, 0.25) is 0 Å². The van der Waals surface area contributed by atoms with Crippen LogP contribution >= 0.6 is 47.8 Å². The number of carboxylic acid groups (broad SMARTS) is 2. The number of hydrogen-bond donors (Lipinski definition) is 4. The highest BCUT2D eigenvalue weighted by molar-refractivity contribution is 9.13. The summed E-state index contributed by atoms with van der Waals surface area (Å²) in [6.07, 6.45) is 0. The van der Waals surface area contributed by atoms with Gasteiger partial charge in [-0.15, -0.1) is 0 Å². The third-order valence-electron chi connectivity index (χ3n) is 1.33. The van der Waals surface area contributed by atoms with Crippen molar-refractivity contribution in [1.82, 2.24) is 0 Å². The monoisotopic (exact) mass is 432 g/mol.